The van der Waals surface area contributed by atoms with Crippen LogP contribution >= 0.6 is 0 Å². The first-order valence-electron chi connectivity index (χ1n) is 9.95. The number of likely N-dealkylation sites (tertiary alicyclic amines) is 1. The highest BCUT2D eigenvalue weighted by molar-refractivity contribution is 5.78. The Labute approximate surface area is 162 Å². The summed E-state index contributed by atoms with van der Waals surface area (Å²) >= 11 is 0. The number of carbonyl (C=O) groups is 1. The summed E-state index contributed by atoms with van der Waals surface area (Å²) in [6, 6.07) is 18.6. The molecule has 0 spiro atoms. The first-order chi connectivity index (χ1) is 13.2. The maximum Gasteiger partial charge on any atom is 0.223 e. The van der Waals surface area contributed by atoms with Crippen LogP contribution in [0.5, 0.6) is 5.75 Å². The van der Waals surface area contributed by atoms with E-state index >= 15 is 0 Å². The third-order valence-electron chi connectivity index (χ3n) is 5.65. The van der Waals surface area contributed by atoms with Crippen LogP contribution < -0.4 is 15.0 Å². The Kier molecular flexibility index (Phi) is 6.88. The number of hydrogen-bond acceptors (Lipinski definition) is 2. The minimum atomic E-state index is 0.152. The van der Waals surface area contributed by atoms with Crippen LogP contribution in [0, 0.1) is 5.92 Å². The molecule has 0 bridgehead atoms. The molecule has 0 saturated carbocycles. The molecule has 1 saturated heterocycles. The Morgan fingerprint density at radius 1 is 1.11 bits per heavy atom. The Hall–Kier alpha value is -2.33. The molecule has 0 aliphatic carbocycles. The van der Waals surface area contributed by atoms with Crippen LogP contribution in [-0.4, -0.2) is 32.7 Å². The van der Waals surface area contributed by atoms with E-state index in [0.717, 1.165) is 43.8 Å². The molecule has 0 radical (unpaired) electrons. The molecule has 1 aliphatic heterocycles. The van der Waals surface area contributed by atoms with Crippen molar-refractivity contribution >= 4 is 5.91 Å². The van der Waals surface area contributed by atoms with Gasteiger partial charge in [0.05, 0.1) is 26.7 Å². The second-order valence-electron chi connectivity index (χ2n) is 7.61. The fourth-order valence-electron chi connectivity index (χ4n) is 3.90. The van der Waals surface area contributed by atoms with Gasteiger partial charge in [0.1, 0.15) is 5.75 Å². The fourth-order valence-corrected chi connectivity index (χ4v) is 3.90. The monoisotopic (exact) mass is 367 g/mol. The van der Waals surface area contributed by atoms with Gasteiger partial charge in [-0.2, -0.15) is 0 Å². The van der Waals surface area contributed by atoms with Crippen molar-refractivity contribution in [2.24, 2.45) is 5.92 Å². The lowest BCUT2D eigenvalue weighted by atomic mass is 9.94. The molecule has 4 nitrogen and oxygen atoms in total. The molecule has 1 amide bonds. The molecule has 1 fully saturated rings. The average molecular weight is 368 g/mol. The van der Waals surface area contributed by atoms with E-state index in [1.807, 2.05) is 24.3 Å². The maximum absolute atomic E-state index is 12.5. The van der Waals surface area contributed by atoms with E-state index in [9.17, 15) is 4.79 Å². The normalized spacial score (nSPS) is 20.7. The van der Waals surface area contributed by atoms with Crippen LogP contribution in [0.15, 0.2) is 54.6 Å². The van der Waals surface area contributed by atoms with Crippen LogP contribution in [0.2, 0.25) is 0 Å². The highest BCUT2D eigenvalue weighted by Crippen LogP contribution is 2.15. The van der Waals surface area contributed by atoms with Gasteiger partial charge in [-0.25, -0.2) is 0 Å². The highest BCUT2D eigenvalue weighted by Gasteiger charge is 2.28. The lowest BCUT2D eigenvalue weighted by Crippen LogP contribution is -3.13. The van der Waals surface area contributed by atoms with Crippen molar-refractivity contribution in [1.82, 2.24) is 5.32 Å². The predicted octanol–water partition coefficient (Wildman–Crippen LogP) is 2.41. The van der Waals surface area contributed by atoms with E-state index in [4.69, 9.17) is 4.74 Å². The van der Waals surface area contributed by atoms with Crippen LogP contribution in [0.1, 0.15) is 36.8 Å². The number of nitrogens with one attached hydrogen (secondary N) is 2. The summed E-state index contributed by atoms with van der Waals surface area (Å²) < 4.78 is 5.17. The van der Waals surface area contributed by atoms with Gasteiger partial charge in [0.25, 0.3) is 0 Å². The van der Waals surface area contributed by atoms with Gasteiger partial charge in [-0.1, -0.05) is 49.4 Å². The molecule has 1 heterocycles. The third-order valence-corrected chi connectivity index (χ3v) is 5.65. The number of piperidine rings is 1. The van der Waals surface area contributed by atoms with E-state index < -0.39 is 0 Å². The molecule has 4 heteroatoms. The first kappa shape index (κ1) is 19.4. The van der Waals surface area contributed by atoms with Crippen molar-refractivity contribution < 1.29 is 14.4 Å². The largest absolute Gasteiger partial charge is 0.497 e. The molecule has 2 aromatic carbocycles. The minimum absolute atomic E-state index is 0.152. The maximum atomic E-state index is 12.5. The van der Waals surface area contributed by atoms with Crippen molar-refractivity contribution in [3.63, 3.8) is 0 Å². The topological polar surface area (TPSA) is 42.8 Å². The summed E-state index contributed by atoms with van der Waals surface area (Å²) in [6.45, 7) is 6.19. The van der Waals surface area contributed by atoms with E-state index in [1.54, 1.807) is 12.0 Å². The summed E-state index contributed by atoms with van der Waals surface area (Å²) in [6.07, 6.45) is 1.95. The Morgan fingerprint density at radius 3 is 2.41 bits per heavy atom. The van der Waals surface area contributed by atoms with Crippen molar-refractivity contribution in [3.05, 3.63) is 65.7 Å². The number of rotatable bonds is 7. The molecule has 144 valence electrons. The van der Waals surface area contributed by atoms with Crippen LogP contribution in [0.25, 0.3) is 0 Å². The van der Waals surface area contributed by atoms with Crippen LogP contribution in [0.4, 0.5) is 0 Å². The van der Waals surface area contributed by atoms with E-state index in [0.29, 0.717) is 12.5 Å². The van der Waals surface area contributed by atoms with Gasteiger partial charge in [-0.3, -0.25) is 4.79 Å². The number of carbonyl (C=O) groups excluding carboxylic acids is 1. The fraction of sp³-hybridized carbons (Fsp3) is 0.435. The second kappa shape index (κ2) is 9.56. The van der Waals surface area contributed by atoms with Gasteiger partial charge < -0.3 is 15.0 Å². The smallest absolute Gasteiger partial charge is 0.223 e. The summed E-state index contributed by atoms with van der Waals surface area (Å²) in [5, 5.41) is 3.10. The number of amides is 1. The number of benzene rings is 2. The zero-order valence-corrected chi connectivity index (χ0v) is 16.4. The van der Waals surface area contributed by atoms with Gasteiger partial charge in [0.15, 0.2) is 0 Å². The zero-order chi connectivity index (χ0) is 19.1. The van der Waals surface area contributed by atoms with Crippen LogP contribution in [-0.2, 0) is 11.3 Å². The van der Waals surface area contributed by atoms with E-state index in [1.165, 1.54) is 5.56 Å². The number of quaternary nitrogens is 1. The van der Waals surface area contributed by atoms with Crippen molar-refractivity contribution in [2.45, 2.75) is 32.2 Å². The number of methoxy groups -OCH3 is 1. The molecule has 2 aromatic rings. The lowest BCUT2D eigenvalue weighted by molar-refractivity contribution is -0.907. The molecular weight excluding hydrogens is 336 g/mol. The summed E-state index contributed by atoms with van der Waals surface area (Å²) in [5.41, 5.74) is 2.51. The highest BCUT2D eigenvalue weighted by atomic mass is 16.5. The Balaban J connectivity index is 1.41. The Bertz CT molecular complexity index is 707. The van der Waals surface area contributed by atoms with Gasteiger partial charge >= 0.3 is 0 Å². The quantitative estimate of drug-likeness (QED) is 0.789. The standard InChI is InChI=1S/C23H30N2O2/c1-18(20-6-4-3-5-7-20)17-25-14-12-21(13-15-25)23(26)24-16-19-8-10-22(27-2)11-9-19/h3-11,18,21H,12-17H2,1-2H3,(H,24,26)/p+1/t18-/m0/s1. The molecule has 1 aliphatic rings. The lowest BCUT2D eigenvalue weighted by Gasteiger charge is -2.30. The SMILES string of the molecule is COc1ccc(CNC(=O)C2CC[NH+](C[C@H](C)c3ccccc3)CC2)cc1. The third kappa shape index (κ3) is 5.57. The van der Waals surface area contributed by atoms with Crippen molar-refractivity contribution in [2.75, 3.05) is 26.7 Å². The molecular formula is C23H31N2O2+. The first-order valence-corrected chi connectivity index (χ1v) is 9.95. The molecule has 0 aromatic heterocycles. The summed E-state index contributed by atoms with van der Waals surface area (Å²) in [7, 11) is 1.66. The minimum Gasteiger partial charge on any atom is -0.497 e. The van der Waals surface area contributed by atoms with Gasteiger partial charge in [-0.05, 0) is 23.3 Å². The molecule has 27 heavy (non-hydrogen) atoms. The summed E-state index contributed by atoms with van der Waals surface area (Å²) in [5.74, 6) is 1.74. The van der Waals surface area contributed by atoms with Crippen molar-refractivity contribution in [1.29, 1.82) is 0 Å². The Morgan fingerprint density at radius 2 is 1.78 bits per heavy atom. The molecule has 3 rings (SSSR count). The van der Waals surface area contributed by atoms with Gasteiger partial charge in [0.2, 0.25) is 5.91 Å². The molecule has 1 atom stereocenters. The van der Waals surface area contributed by atoms with Gasteiger partial charge in [0, 0.05) is 31.2 Å². The van der Waals surface area contributed by atoms with E-state index in [-0.39, 0.29) is 11.8 Å². The van der Waals surface area contributed by atoms with E-state index in [2.05, 4.69) is 42.6 Å². The van der Waals surface area contributed by atoms with Crippen molar-refractivity contribution in [3.8, 4) is 5.75 Å². The molecule has 0 unspecified atom stereocenters. The number of hydrogen-bond donors (Lipinski definition) is 2. The summed E-state index contributed by atoms with van der Waals surface area (Å²) in [4.78, 5) is 14.1. The second-order valence-corrected chi connectivity index (χ2v) is 7.61. The zero-order valence-electron chi connectivity index (χ0n) is 16.4. The molecule has 2 N–H and O–H groups in total. The average Bonchev–Trinajstić information content (AvgIpc) is 2.73. The van der Waals surface area contributed by atoms with Crippen LogP contribution in [0.3, 0.4) is 0 Å². The number of ether oxygens (including phenoxy) is 1. The van der Waals surface area contributed by atoms with Gasteiger partial charge in [-0.15, -0.1) is 0 Å². The predicted molar refractivity (Wildman–Crippen MR) is 108 cm³/mol.